The van der Waals surface area contributed by atoms with Gasteiger partial charge in [0.1, 0.15) is 5.75 Å². The average molecular weight is 482 g/mol. The summed E-state index contributed by atoms with van der Waals surface area (Å²) >= 11 is 6.99. The fourth-order valence-corrected chi connectivity index (χ4v) is 5.54. The molecule has 1 aromatic carbocycles. The molecule has 1 aromatic rings. The largest absolute Gasteiger partial charge is 0.489 e. The smallest absolute Gasteiger partial charge is 0.254 e. The summed E-state index contributed by atoms with van der Waals surface area (Å²) in [6.45, 7) is 3.91. The molecule has 26 heavy (non-hydrogen) atoms. The van der Waals surface area contributed by atoms with Crippen molar-refractivity contribution in [3.63, 3.8) is 0 Å². The van der Waals surface area contributed by atoms with Crippen LogP contribution in [0.25, 0.3) is 0 Å². The van der Waals surface area contributed by atoms with Gasteiger partial charge in [0.05, 0.1) is 33.1 Å². The van der Waals surface area contributed by atoms with Crippen molar-refractivity contribution in [2.24, 2.45) is 28.8 Å². The van der Waals surface area contributed by atoms with E-state index in [0.717, 1.165) is 25.9 Å². The van der Waals surface area contributed by atoms with E-state index < -0.39 is 0 Å². The number of hydrogen-bond donors (Lipinski definition) is 0. The van der Waals surface area contributed by atoms with Gasteiger partial charge in [0.2, 0.25) is 0 Å². The molecule has 1 heterocycles. The van der Waals surface area contributed by atoms with Crippen molar-refractivity contribution in [2.45, 2.75) is 26.4 Å². The van der Waals surface area contributed by atoms with Gasteiger partial charge in [-0.05, 0) is 81.7 Å². The highest BCUT2D eigenvalue weighted by Crippen LogP contribution is 2.52. The number of allylic oxidation sites excluding steroid dienone is 2. The second-order valence-electron chi connectivity index (χ2n) is 7.21. The lowest BCUT2D eigenvalue weighted by atomic mass is 9.85. The maximum absolute atomic E-state index is 12.6. The fourth-order valence-electron chi connectivity index (χ4n) is 4.13. The number of fused-ring (bicyclic) bond motifs is 5. The third-order valence-corrected chi connectivity index (χ3v) is 6.32. The van der Waals surface area contributed by atoms with E-state index in [1.165, 1.54) is 0 Å². The number of carbonyl (C=O) groups is 2. The van der Waals surface area contributed by atoms with E-state index in [2.05, 4.69) is 49.1 Å². The molecule has 0 radical (unpaired) electrons. The topological polar surface area (TPSA) is 59.0 Å². The Labute approximate surface area is 168 Å². The lowest BCUT2D eigenvalue weighted by molar-refractivity contribution is -0.140. The van der Waals surface area contributed by atoms with Gasteiger partial charge in [0, 0.05) is 0 Å². The maximum Gasteiger partial charge on any atom is 0.254 e. The van der Waals surface area contributed by atoms with E-state index >= 15 is 0 Å². The van der Waals surface area contributed by atoms with Crippen molar-refractivity contribution < 1.29 is 14.3 Å². The Morgan fingerprint density at radius 2 is 1.65 bits per heavy atom. The van der Waals surface area contributed by atoms with Gasteiger partial charge in [-0.15, -0.1) is 0 Å². The minimum absolute atomic E-state index is 0.0466. The third kappa shape index (κ3) is 2.85. The zero-order chi connectivity index (χ0) is 18.6. The molecule has 136 valence electrons. The standard InChI is InChI=1S/C19H18Br2N2O3/c1-9(2)26-17-13(20)5-10(6-14(17)21)8-22-23-18(24)15-11-3-4-12(7-11)16(15)19(23)25/h3-6,8-9,11-12,15-16H,7H2,1-2H3/t11-,12-,15-,16+/m0/s1. The van der Waals surface area contributed by atoms with Gasteiger partial charge in [-0.3, -0.25) is 9.59 Å². The summed E-state index contributed by atoms with van der Waals surface area (Å²) in [5.74, 6) is 0.291. The van der Waals surface area contributed by atoms with Crippen LogP contribution in [0.15, 0.2) is 38.3 Å². The molecule has 3 aliphatic rings. The van der Waals surface area contributed by atoms with Gasteiger partial charge in [-0.1, -0.05) is 12.2 Å². The number of halogens is 2. The summed E-state index contributed by atoms with van der Waals surface area (Å²) in [7, 11) is 0. The first kappa shape index (κ1) is 17.9. The number of imide groups is 1. The van der Waals surface area contributed by atoms with Crippen LogP contribution in [-0.2, 0) is 9.59 Å². The number of carbonyl (C=O) groups excluding carboxylic acids is 2. The van der Waals surface area contributed by atoms with Gasteiger partial charge >= 0.3 is 0 Å². The molecule has 2 aliphatic carbocycles. The van der Waals surface area contributed by atoms with E-state index in [0.29, 0.717) is 5.75 Å². The second kappa shape index (κ2) is 6.60. The first-order valence-electron chi connectivity index (χ1n) is 8.62. The Balaban J connectivity index is 1.56. The average Bonchev–Trinajstić information content (AvgIpc) is 3.24. The van der Waals surface area contributed by atoms with Crippen LogP contribution in [0.1, 0.15) is 25.8 Å². The minimum Gasteiger partial charge on any atom is -0.489 e. The highest BCUT2D eigenvalue weighted by atomic mass is 79.9. The molecule has 0 N–H and O–H groups in total. The molecule has 1 saturated carbocycles. The van der Waals surface area contributed by atoms with Crippen LogP contribution in [0.5, 0.6) is 5.75 Å². The van der Waals surface area contributed by atoms with E-state index in [1.54, 1.807) is 6.21 Å². The Morgan fingerprint density at radius 1 is 1.12 bits per heavy atom. The lowest BCUT2D eigenvalue weighted by Crippen LogP contribution is -2.28. The summed E-state index contributed by atoms with van der Waals surface area (Å²) in [6, 6.07) is 3.70. The fraction of sp³-hybridized carbons (Fsp3) is 0.421. The number of hydrogen-bond acceptors (Lipinski definition) is 4. The van der Waals surface area contributed by atoms with Crippen LogP contribution >= 0.6 is 31.9 Å². The van der Waals surface area contributed by atoms with Crippen molar-refractivity contribution in [2.75, 3.05) is 0 Å². The Morgan fingerprint density at radius 3 is 2.15 bits per heavy atom. The van der Waals surface area contributed by atoms with Crippen LogP contribution in [-0.4, -0.2) is 29.1 Å². The van der Waals surface area contributed by atoms with Crippen LogP contribution in [0.3, 0.4) is 0 Å². The first-order chi connectivity index (χ1) is 12.4. The van der Waals surface area contributed by atoms with Gasteiger partial charge in [-0.25, -0.2) is 0 Å². The first-order valence-corrected chi connectivity index (χ1v) is 10.2. The number of hydrazone groups is 1. The molecular formula is C19H18Br2N2O3. The van der Waals surface area contributed by atoms with Crippen LogP contribution in [0, 0.1) is 23.7 Å². The molecule has 2 bridgehead atoms. The highest BCUT2D eigenvalue weighted by Gasteiger charge is 2.59. The molecule has 2 fully saturated rings. The predicted octanol–water partition coefficient (Wildman–Crippen LogP) is 4.14. The molecule has 1 aliphatic heterocycles. The van der Waals surface area contributed by atoms with E-state index in [9.17, 15) is 9.59 Å². The molecule has 0 unspecified atom stereocenters. The van der Waals surface area contributed by atoms with E-state index in [-0.39, 0.29) is 41.6 Å². The van der Waals surface area contributed by atoms with Gasteiger partial charge in [0.15, 0.2) is 0 Å². The van der Waals surface area contributed by atoms with Crippen molar-refractivity contribution in [3.8, 4) is 5.75 Å². The zero-order valence-corrected chi connectivity index (χ0v) is 17.5. The van der Waals surface area contributed by atoms with Crippen LogP contribution in [0.2, 0.25) is 0 Å². The molecule has 0 aromatic heterocycles. The minimum atomic E-state index is -0.227. The monoisotopic (exact) mass is 480 g/mol. The van der Waals surface area contributed by atoms with Crippen molar-refractivity contribution >= 4 is 49.9 Å². The predicted molar refractivity (Wildman–Crippen MR) is 105 cm³/mol. The number of ether oxygens (including phenoxy) is 1. The maximum atomic E-state index is 12.6. The summed E-state index contributed by atoms with van der Waals surface area (Å²) in [5, 5.41) is 5.26. The molecule has 4 atom stereocenters. The van der Waals surface area contributed by atoms with Gasteiger partial charge in [-0.2, -0.15) is 10.1 Å². The number of benzene rings is 1. The third-order valence-electron chi connectivity index (χ3n) is 5.14. The molecule has 1 saturated heterocycles. The molecule has 2 amide bonds. The summed E-state index contributed by atoms with van der Waals surface area (Å²) in [5.41, 5.74) is 0.763. The van der Waals surface area contributed by atoms with Crippen molar-refractivity contribution in [1.29, 1.82) is 0 Å². The van der Waals surface area contributed by atoms with Gasteiger partial charge < -0.3 is 4.74 Å². The number of nitrogens with zero attached hydrogens (tertiary/aromatic N) is 2. The molecule has 0 spiro atoms. The lowest BCUT2D eigenvalue weighted by Gasteiger charge is -2.14. The van der Waals surface area contributed by atoms with Crippen LogP contribution < -0.4 is 4.74 Å². The summed E-state index contributed by atoms with van der Waals surface area (Å²) in [4.78, 5) is 25.3. The van der Waals surface area contributed by atoms with Crippen LogP contribution in [0.4, 0.5) is 0 Å². The molecule has 7 heteroatoms. The van der Waals surface area contributed by atoms with Gasteiger partial charge in [0.25, 0.3) is 11.8 Å². The zero-order valence-electron chi connectivity index (χ0n) is 14.4. The summed E-state index contributed by atoms with van der Waals surface area (Å²) < 4.78 is 7.32. The highest BCUT2D eigenvalue weighted by molar-refractivity contribution is 9.11. The van der Waals surface area contributed by atoms with E-state index in [4.69, 9.17) is 4.74 Å². The van der Waals surface area contributed by atoms with Crippen molar-refractivity contribution in [3.05, 3.63) is 38.8 Å². The number of rotatable bonds is 4. The Hall–Kier alpha value is -1.47. The SMILES string of the molecule is CC(C)Oc1c(Br)cc(C=NN2C(=O)[C@@H]3[C@H](C2=O)[C@H]2C=C[C@H]3C2)cc1Br. The molecular weight excluding hydrogens is 464 g/mol. The van der Waals surface area contributed by atoms with E-state index in [1.807, 2.05) is 26.0 Å². The second-order valence-corrected chi connectivity index (χ2v) is 8.92. The van der Waals surface area contributed by atoms with Crippen molar-refractivity contribution in [1.82, 2.24) is 5.01 Å². The Bertz CT molecular complexity index is 796. The normalized spacial score (nSPS) is 29.5. The quantitative estimate of drug-likeness (QED) is 0.369. The molecule has 5 nitrogen and oxygen atoms in total. The number of amides is 2. The Kier molecular flexibility index (Phi) is 4.55. The summed E-state index contributed by atoms with van der Waals surface area (Å²) in [6.07, 6.45) is 6.66. The molecule has 4 rings (SSSR count).